The molecule has 0 unspecified atom stereocenters. The van der Waals surface area contributed by atoms with Gasteiger partial charge in [-0.25, -0.2) is 0 Å². The first-order chi connectivity index (χ1) is 11.3. The summed E-state index contributed by atoms with van der Waals surface area (Å²) < 4.78 is 11.0. The van der Waals surface area contributed by atoms with Crippen molar-refractivity contribution in [2.45, 2.75) is 72.2 Å². The Morgan fingerprint density at radius 1 is 1.04 bits per heavy atom. The third-order valence-corrected chi connectivity index (χ3v) is 7.06. The lowest BCUT2D eigenvalue weighted by Gasteiger charge is -2.71. The van der Waals surface area contributed by atoms with Crippen LogP contribution in [0.5, 0.6) is 0 Å². The summed E-state index contributed by atoms with van der Waals surface area (Å²) in [5.74, 6) is -1.31. The summed E-state index contributed by atoms with van der Waals surface area (Å²) in [7, 11) is 0. The van der Waals surface area contributed by atoms with E-state index in [-0.39, 0.29) is 30.0 Å². The van der Waals surface area contributed by atoms with Gasteiger partial charge >= 0.3 is 11.9 Å². The molecule has 25 heavy (non-hydrogen) atoms. The molecule has 7 atom stereocenters. The van der Waals surface area contributed by atoms with Crippen molar-refractivity contribution in [2.24, 2.45) is 28.6 Å². The van der Waals surface area contributed by atoms with E-state index in [1.807, 2.05) is 20.8 Å². The second-order valence-electron chi connectivity index (χ2n) is 9.07. The van der Waals surface area contributed by atoms with Crippen LogP contribution in [-0.4, -0.2) is 40.6 Å². The van der Waals surface area contributed by atoms with Crippen molar-refractivity contribution in [3.63, 3.8) is 0 Å². The zero-order valence-corrected chi connectivity index (χ0v) is 15.8. The summed E-state index contributed by atoms with van der Waals surface area (Å²) in [6.07, 6.45) is -0.582. The molecule has 4 rings (SSSR count). The quantitative estimate of drug-likeness (QED) is 0.763. The Morgan fingerprint density at radius 3 is 2.12 bits per heavy atom. The number of rotatable bonds is 2. The van der Waals surface area contributed by atoms with Crippen LogP contribution < -0.4 is 0 Å². The molecular formula is C19H28O6. The standard InChI is InChI=1S/C19H28O6/c1-9(20)24-11-8-18(5,23)16-15-14(11)19(16,6)12(22)7-13(17(15,3)4)25-10(2)21/h11,13-16,23H,7-8H2,1-6H3/t11-,13-,14-,15+,16-,18-,19+/m1/s1. The van der Waals surface area contributed by atoms with Crippen LogP contribution in [0.3, 0.4) is 0 Å². The van der Waals surface area contributed by atoms with Gasteiger partial charge in [-0.05, 0) is 12.8 Å². The van der Waals surface area contributed by atoms with Crippen LogP contribution in [0.4, 0.5) is 0 Å². The molecule has 0 saturated heterocycles. The molecule has 1 N–H and O–H groups in total. The van der Waals surface area contributed by atoms with Crippen LogP contribution >= 0.6 is 0 Å². The molecule has 4 bridgehead atoms. The first kappa shape index (κ1) is 18.4. The van der Waals surface area contributed by atoms with E-state index in [1.54, 1.807) is 6.92 Å². The molecule has 0 amide bonds. The predicted molar refractivity (Wildman–Crippen MR) is 88.3 cm³/mol. The van der Waals surface area contributed by atoms with Crippen molar-refractivity contribution in [1.82, 2.24) is 0 Å². The fourth-order valence-electron chi connectivity index (χ4n) is 6.19. The number of hydrogen-bond donors (Lipinski definition) is 1. The zero-order valence-electron chi connectivity index (χ0n) is 15.8. The van der Waals surface area contributed by atoms with Crippen molar-refractivity contribution in [2.75, 3.05) is 0 Å². The normalized spacial score (nSPS) is 47.3. The number of fused-ring (bicyclic) bond motifs is 2. The first-order valence-electron chi connectivity index (χ1n) is 8.93. The Hall–Kier alpha value is -1.43. The van der Waals surface area contributed by atoms with Crippen molar-refractivity contribution in [3.05, 3.63) is 0 Å². The molecule has 6 heteroatoms. The summed E-state index contributed by atoms with van der Waals surface area (Å²) >= 11 is 0. The topological polar surface area (TPSA) is 89.9 Å². The number of Topliss-reactive ketones (excluding diaryl/α,β-unsaturated/α-hetero) is 1. The van der Waals surface area contributed by atoms with Gasteiger partial charge in [-0.3, -0.25) is 14.4 Å². The molecule has 4 fully saturated rings. The van der Waals surface area contributed by atoms with Crippen LogP contribution in [0.1, 0.15) is 54.4 Å². The number of hydrogen-bond acceptors (Lipinski definition) is 6. The Labute approximate surface area is 148 Å². The molecule has 4 aliphatic rings. The van der Waals surface area contributed by atoms with Gasteiger partial charge in [0.2, 0.25) is 0 Å². The SMILES string of the molecule is CC(=O)O[C@@H]1C[C@@](C)(O)[C@H]2[C@@H]3[C@@H]1[C@]2(C)C(=O)C[C@@H](OC(C)=O)C3(C)C. The van der Waals surface area contributed by atoms with Crippen molar-refractivity contribution < 1.29 is 29.0 Å². The van der Waals surface area contributed by atoms with Gasteiger partial charge in [-0.15, -0.1) is 0 Å². The van der Waals surface area contributed by atoms with E-state index in [1.165, 1.54) is 13.8 Å². The van der Waals surface area contributed by atoms with Gasteiger partial charge in [0, 0.05) is 49.4 Å². The number of aliphatic hydroxyl groups is 1. The number of esters is 2. The van der Waals surface area contributed by atoms with Gasteiger partial charge in [0.1, 0.15) is 18.0 Å². The summed E-state index contributed by atoms with van der Waals surface area (Å²) in [4.78, 5) is 36.3. The second kappa shape index (κ2) is 5.29. The second-order valence-corrected chi connectivity index (χ2v) is 9.07. The fraction of sp³-hybridized carbons (Fsp3) is 0.842. The summed E-state index contributed by atoms with van der Waals surface area (Å²) in [5.41, 5.74) is -2.39. The minimum absolute atomic E-state index is 0.0206. The number of ketones is 1. The summed E-state index contributed by atoms with van der Waals surface area (Å²) in [5, 5.41) is 11.1. The molecule has 0 radical (unpaired) electrons. The molecule has 4 aliphatic carbocycles. The van der Waals surface area contributed by atoms with Crippen LogP contribution in [0.15, 0.2) is 0 Å². The van der Waals surface area contributed by atoms with Crippen LogP contribution in [0, 0.1) is 28.6 Å². The van der Waals surface area contributed by atoms with E-state index in [0.29, 0.717) is 6.42 Å². The highest BCUT2D eigenvalue weighted by Gasteiger charge is 2.78. The molecule has 140 valence electrons. The first-order valence-corrected chi connectivity index (χ1v) is 8.93. The minimum Gasteiger partial charge on any atom is -0.462 e. The average molecular weight is 352 g/mol. The van der Waals surface area contributed by atoms with Gasteiger partial charge in [0.25, 0.3) is 0 Å². The molecular weight excluding hydrogens is 324 g/mol. The molecule has 6 nitrogen and oxygen atoms in total. The van der Waals surface area contributed by atoms with E-state index < -0.39 is 40.6 Å². The Kier molecular flexibility index (Phi) is 3.88. The van der Waals surface area contributed by atoms with Gasteiger partial charge < -0.3 is 14.6 Å². The monoisotopic (exact) mass is 352 g/mol. The van der Waals surface area contributed by atoms with Crippen LogP contribution in [0.25, 0.3) is 0 Å². The third kappa shape index (κ3) is 2.36. The molecule has 0 aliphatic heterocycles. The predicted octanol–water partition coefficient (Wildman–Crippen LogP) is 1.87. The number of carbonyl (C=O) groups is 3. The van der Waals surface area contributed by atoms with E-state index in [4.69, 9.17) is 9.47 Å². The number of carbonyl (C=O) groups excluding carboxylic acids is 3. The minimum atomic E-state index is -1.12. The summed E-state index contributed by atoms with van der Waals surface area (Å²) in [6.45, 7) is 10.3. The molecule has 4 saturated carbocycles. The van der Waals surface area contributed by atoms with Gasteiger partial charge in [0.05, 0.1) is 5.60 Å². The Bertz CT molecular complexity index is 636. The Morgan fingerprint density at radius 2 is 1.60 bits per heavy atom. The molecule has 0 aromatic heterocycles. The molecule has 0 aromatic carbocycles. The zero-order chi connectivity index (χ0) is 18.9. The van der Waals surface area contributed by atoms with E-state index >= 15 is 0 Å². The maximum atomic E-state index is 13.1. The Balaban J connectivity index is 2.10. The highest BCUT2D eigenvalue weighted by Crippen LogP contribution is 2.73. The third-order valence-electron chi connectivity index (χ3n) is 7.06. The molecule has 0 spiro atoms. The smallest absolute Gasteiger partial charge is 0.302 e. The maximum absolute atomic E-state index is 13.1. The van der Waals surface area contributed by atoms with Gasteiger partial charge in [-0.1, -0.05) is 20.8 Å². The van der Waals surface area contributed by atoms with Crippen molar-refractivity contribution in [3.8, 4) is 0 Å². The number of ether oxygens (including phenoxy) is 2. The summed E-state index contributed by atoms with van der Waals surface area (Å²) in [6, 6.07) is 0. The maximum Gasteiger partial charge on any atom is 0.302 e. The molecule has 0 aromatic rings. The van der Waals surface area contributed by atoms with Gasteiger partial charge in [0.15, 0.2) is 0 Å². The highest BCUT2D eigenvalue weighted by molar-refractivity contribution is 5.89. The molecule has 0 heterocycles. The van der Waals surface area contributed by atoms with Crippen LogP contribution in [0.2, 0.25) is 0 Å². The highest BCUT2D eigenvalue weighted by atomic mass is 16.5. The largest absolute Gasteiger partial charge is 0.462 e. The van der Waals surface area contributed by atoms with Gasteiger partial charge in [-0.2, -0.15) is 0 Å². The lowest BCUT2D eigenvalue weighted by Crippen LogP contribution is -2.76. The van der Waals surface area contributed by atoms with E-state index in [2.05, 4.69) is 0 Å². The van der Waals surface area contributed by atoms with E-state index in [0.717, 1.165) is 0 Å². The van der Waals surface area contributed by atoms with Crippen LogP contribution in [-0.2, 0) is 23.9 Å². The fourth-order valence-corrected chi connectivity index (χ4v) is 6.19. The lowest BCUT2D eigenvalue weighted by molar-refractivity contribution is -0.299. The van der Waals surface area contributed by atoms with Crippen molar-refractivity contribution >= 4 is 17.7 Å². The lowest BCUT2D eigenvalue weighted by atomic mass is 9.34. The average Bonchev–Trinajstić information content (AvgIpc) is 2.49. The van der Waals surface area contributed by atoms with Crippen molar-refractivity contribution in [1.29, 1.82) is 0 Å². The van der Waals surface area contributed by atoms with E-state index in [9.17, 15) is 19.5 Å².